The first-order valence-electron chi connectivity index (χ1n) is 11.7. The average molecular weight is 461 g/mol. The molecule has 3 amide bonds. The van der Waals surface area contributed by atoms with Gasteiger partial charge >= 0.3 is 0 Å². The normalized spacial score (nSPS) is 24.8. The van der Waals surface area contributed by atoms with Crippen LogP contribution in [-0.2, 0) is 19.2 Å². The molecule has 0 aromatic heterocycles. The Balaban J connectivity index is 2.21. The van der Waals surface area contributed by atoms with Crippen molar-refractivity contribution < 1.29 is 19.2 Å². The second-order valence-corrected chi connectivity index (χ2v) is 10.9. The lowest BCUT2D eigenvalue weighted by Gasteiger charge is -2.36. The standard InChI is InChI=1S/C25H40N4O4/c1-8-10-12-16(19(30)22(32)27-13-11-9-2)28-21(31)18-17-15(25(17,6)7)14-29(18)23(33)20(26)24(3,4)5/h8-9,15-18,20H,1-2,10-14,26H2,3-7H3,(H,27,32)(H,28,31)/t15-,16?,17-,18-,20+/m0/s1. The number of allylic oxidation sites excluding steroid dienone is 1. The fourth-order valence-electron chi connectivity index (χ4n) is 4.71. The summed E-state index contributed by atoms with van der Waals surface area (Å²) in [6.45, 7) is 17.9. The SMILES string of the molecule is C=CCCNC(=O)C(=O)C(CCC=C)NC(=O)[C@@H]1[C@@H]2[C@H](CN1C(=O)[C@@H](N)C(C)(C)C)C2(C)C. The molecular formula is C25H40N4O4. The third-order valence-corrected chi connectivity index (χ3v) is 7.11. The van der Waals surface area contributed by atoms with Crippen molar-refractivity contribution in [3.05, 3.63) is 25.3 Å². The van der Waals surface area contributed by atoms with E-state index in [0.29, 0.717) is 25.9 Å². The highest BCUT2D eigenvalue weighted by Crippen LogP contribution is 2.65. The van der Waals surface area contributed by atoms with Crippen molar-refractivity contribution in [2.75, 3.05) is 13.1 Å². The molecule has 1 heterocycles. The van der Waals surface area contributed by atoms with E-state index in [1.165, 1.54) is 0 Å². The van der Waals surface area contributed by atoms with E-state index in [9.17, 15) is 19.2 Å². The lowest BCUT2D eigenvalue weighted by atomic mass is 9.86. The zero-order chi connectivity index (χ0) is 25.1. The van der Waals surface area contributed by atoms with Crippen LogP contribution in [0.5, 0.6) is 0 Å². The molecule has 2 fully saturated rings. The maximum absolute atomic E-state index is 13.4. The monoisotopic (exact) mass is 460 g/mol. The molecular weight excluding hydrogens is 420 g/mol. The van der Waals surface area contributed by atoms with Crippen LogP contribution in [0.25, 0.3) is 0 Å². The molecule has 1 saturated heterocycles. The van der Waals surface area contributed by atoms with Gasteiger partial charge in [0.05, 0.1) is 12.1 Å². The number of piperidine rings is 1. The summed E-state index contributed by atoms with van der Waals surface area (Å²) in [6.07, 6.45) is 4.52. The quantitative estimate of drug-likeness (QED) is 0.245. The molecule has 1 saturated carbocycles. The van der Waals surface area contributed by atoms with Crippen molar-refractivity contribution in [1.82, 2.24) is 15.5 Å². The summed E-state index contributed by atoms with van der Waals surface area (Å²) in [4.78, 5) is 53.3. The summed E-state index contributed by atoms with van der Waals surface area (Å²) in [5.74, 6) is -1.93. The number of likely N-dealkylation sites (tertiary alicyclic amines) is 1. The van der Waals surface area contributed by atoms with E-state index in [0.717, 1.165) is 0 Å². The molecule has 0 aromatic carbocycles. The van der Waals surface area contributed by atoms with E-state index in [1.54, 1.807) is 17.1 Å². The Kier molecular flexibility index (Phi) is 8.27. The molecule has 1 aliphatic carbocycles. The molecule has 0 bridgehead atoms. The van der Waals surface area contributed by atoms with E-state index < -0.39 is 41.1 Å². The maximum atomic E-state index is 13.4. The molecule has 1 aliphatic heterocycles. The number of nitrogens with zero attached hydrogens (tertiary/aromatic N) is 1. The van der Waals surface area contributed by atoms with Gasteiger partial charge in [-0.25, -0.2) is 0 Å². The van der Waals surface area contributed by atoms with Crippen molar-refractivity contribution in [2.45, 2.75) is 72.0 Å². The number of carbonyl (C=O) groups is 4. The smallest absolute Gasteiger partial charge is 0.289 e. The molecule has 5 atom stereocenters. The molecule has 8 nitrogen and oxygen atoms in total. The number of hydrogen-bond acceptors (Lipinski definition) is 5. The van der Waals surface area contributed by atoms with Crippen LogP contribution in [0.1, 0.15) is 53.9 Å². The highest BCUT2D eigenvalue weighted by atomic mass is 16.2. The van der Waals surface area contributed by atoms with Crippen molar-refractivity contribution in [3.63, 3.8) is 0 Å². The molecule has 8 heteroatoms. The lowest BCUT2D eigenvalue weighted by Crippen LogP contribution is -2.59. The maximum Gasteiger partial charge on any atom is 0.289 e. The molecule has 1 unspecified atom stereocenters. The minimum Gasteiger partial charge on any atom is -0.349 e. The van der Waals surface area contributed by atoms with Gasteiger partial charge in [0.15, 0.2) is 0 Å². The van der Waals surface area contributed by atoms with Crippen molar-refractivity contribution in [3.8, 4) is 0 Å². The molecule has 4 N–H and O–H groups in total. The van der Waals surface area contributed by atoms with Gasteiger partial charge < -0.3 is 21.3 Å². The first-order chi connectivity index (χ1) is 15.3. The van der Waals surface area contributed by atoms with Crippen LogP contribution < -0.4 is 16.4 Å². The Morgan fingerprint density at radius 3 is 2.30 bits per heavy atom. The highest BCUT2D eigenvalue weighted by Gasteiger charge is 2.69. The van der Waals surface area contributed by atoms with Crippen LogP contribution >= 0.6 is 0 Å². The van der Waals surface area contributed by atoms with E-state index in [2.05, 4.69) is 37.6 Å². The first kappa shape index (κ1) is 26.8. The number of ketones is 1. The largest absolute Gasteiger partial charge is 0.349 e. The van der Waals surface area contributed by atoms with Crippen LogP contribution in [0.4, 0.5) is 0 Å². The minimum atomic E-state index is -0.992. The van der Waals surface area contributed by atoms with Crippen LogP contribution in [0.15, 0.2) is 25.3 Å². The van der Waals surface area contributed by atoms with E-state index in [1.807, 2.05) is 20.8 Å². The number of fused-ring (bicyclic) bond motifs is 1. The van der Waals surface area contributed by atoms with Crippen LogP contribution in [0, 0.1) is 22.7 Å². The topological polar surface area (TPSA) is 122 Å². The van der Waals surface area contributed by atoms with Crippen molar-refractivity contribution in [2.24, 2.45) is 28.4 Å². The summed E-state index contributed by atoms with van der Waals surface area (Å²) in [7, 11) is 0. The molecule has 184 valence electrons. The van der Waals surface area contributed by atoms with Gasteiger partial charge in [0.25, 0.3) is 5.91 Å². The van der Waals surface area contributed by atoms with Gasteiger partial charge in [-0.1, -0.05) is 46.8 Å². The number of hydrogen-bond donors (Lipinski definition) is 3. The molecule has 0 radical (unpaired) electrons. The fraction of sp³-hybridized carbons (Fsp3) is 0.680. The summed E-state index contributed by atoms with van der Waals surface area (Å²) in [5.41, 5.74) is 5.70. The zero-order valence-corrected chi connectivity index (χ0v) is 20.6. The second-order valence-electron chi connectivity index (χ2n) is 10.9. The number of nitrogens with two attached hydrogens (primary N) is 1. The third kappa shape index (κ3) is 5.72. The Hall–Kier alpha value is -2.48. The number of Topliss-reactive ketones (excluding diaryl/α,β-unsaturated/α-hetero) is 1. The Bertz CT molecular complexity index is 814. The minimum absolute atomic E-state index is 0.00908. The number of amides is 3. The highest BCUT2D eigenvalue weighted by molar-refractivity contribution is 6.38. The summed E-state index contributed by atoms with van der Waals surface area (Å²) < 4.78 is 0. The molecule has 0 spiro atoms. The molecule has 33 heavy (non-hydrogen) atoms. The second kappa shape index (κ2) is 10.2. The Labute approximate surface area is 197 Å². The van der Waals surface area contributed by atoms with Gasteiger partial charge in [-0.3, -0.25) is 19.2 Å². The Morgan fingerprint density at radius 1 is 1.15 bits per heavy atom. The van der Waals surface area contributed by atoms with Gasteiger partial charge in [0, 0.05) is 13.1 Å². The van der Waals surface area contributed by atoms with Crippen molar-refractivity contribution >= 4 is 23.5 Å². The summed E-state index contributed by atoms with van der Waals surface area (Å²) in [5, 5.41) is 5.32. The van der Waals surface area contributed by atoms with Gasteiger partial charge in [-0.15, -0.1) is 13.2 Å². The number of rotatable bonds is 11. The Morgan fingerprint density at radius 2 is 1.76 bits per heavy atom. The van der Waals surface area contributed by atoms with Crippen molar-refractivity contribution in [1.29, 1.82) is 0 Å². The van der Waals surface area contributed by atoms with Gasteiger partial charge in [-0.2, -0.15) is 0 Å². The van der Waals surface area contributed by atoms with Gasteiger partial charge in [0.2, 0.25) is 17.6 Å². The van der Waals surface area contributed by atoms with Crippen LogP contribution in [0.3, 0.4) is 0 Å². The van der Waals surface area contributed by atoms with E-state index in [-0.39, 0.29) is 29.6 Å². The zero-order valence-electron chi connectivity index (χ0n) is 20.6. The number of nitrogens with one attached hydrogen (secondary N) is 2. The first-order valence-corrected chi connectivity index (χ1v) is 11.7. The molecule has 2 rings (SSSR count). The summed E-state index contributed by atoms with van der Waals surface area (Å²) >= 11 is 0. The van der Waals surface area contributed by atoms with Gasteiger partial charge in [0.1, 0.15) is 6.04 Å². The number of carbonyl (C=O) groups excluding carboxylic acids is 4. The van der Waals surface area contributed by atoms with Crippen LogP contribution in [0.2, 0.25) is 0 Å². The fourth-order valence-corrected chi connectivity index (χ4v) is 4.71. The third-order valence-electron chi connectivity index (χ3n) is 7.11. The molecule has 0 aromatic rings. The predicted molar refractivity (Wildman–Crippen MR) is 128 cm³/mol. The lowest BCUT2D eigenvalue weighted by molar-refractivity contribution is -0.144. The summed E-state index contributed by atoms with van der Waals surface area (Å²) in [6, 6.07) is -2.45. The van der Waals surface area contributed by atoms with Gasteiger partial charge in [-0.05, 0) is 41.9 Å². The molecule has 2 aliphatic rings. The van der Waals surface area contributed by atoms with E-state index >= 15 is 0 Å². The average Bonchev–Trinajstić information content (AvgIpc) is 3.08. The predicted octanol–water partition coefficient (Wildman–Crippen LogP) is 1.56. The van der Waals surface area contributed by atoms with E-state index in [4.69, 9.17) is 5.73 Å². The van der Waals surface area contributed by atoms with Crippen LogP contribution in [-0.4, -0.2) is 59.6 Å².